The van der Waals surface area contributed by atoms with Gasteiger partial charge in [0.1, 0.15) is 12.4 Å². The highest BCUT2D eigenvalue weighted by Crippen LogP contribution is 2.33. The van der Waals surface area contributed by atoms with Crippen molar-refractivity contribution in [1.82, 2.24) is 0 Å². The topological polar surface area (TPSA) is 27.7 Å². The lowest BCUT2D eigenvalue weighted by atomic mass is 9.84. The van der Waals surface area contributed by atoms with Crippen LogP contribution < -0.4 is 4.74 Å². The molecule has 0 bridgehead atoms. The van der Waals surface area contributed by atoms with Gasteiger partial charge in [0.2, 0.25) is 0 Å². The minimum atomic E-state index is -0.166. The van der Waals surface area contributed by atoms with Gasteiger partial charge in [-0.2, -0.15) is 0 Å². The van der Waals surface area contributed by atoms with Gasteiger partial charge in [-0.15, -0.1) is 9.24 Å². The predicted molar refractivity (Wildman–Crippen MR) is 119 cm³/mol. The first-order valence-electron chi connectivity index (χ1n) is 11.4. The van der Waals surface area contributed by atoms with Crippen molar-refractivity contribution in [1.29, 1.82) is 0 Å². The molecule has 2 saturated carbocycles. The molecule has 0 radical (unpaired) electrons. The van der Waals surface area contributed by atoms with E-state index in [0.29, 0.717) is 25.0 Å². The normalized spacial score (nSPS) is 26.0. The van der Waals surface area contributed by atoms with Crippen molar-refractivity contribution in [2.45, 2.75) is 95.6 Å². The fourth-order valence-electron chi connectivity index (χ4n) is 4.74. The lowest BCUT2D eigenvalue weighted by molar-refractivity contribution is -0.172. The van der Waals surface area contributed by atoms with E-state index >= 15 is 0 Å². The molecule has 5 atom stereocenters. The SMILES string of the molecule is CC(OCCOc1ccc(C2CCCCC2)cc1)OC1CCCC(C(C)P)C1. The first-order chi connectivity index (χ1) is 13.6. The van der Waals surface area contributed by atoms with Crippen LogP contribution in [0.4, 0.5) is 0 Å². The van der Waals surface area contributed by atoms with Crippen molar-refractivity contribution in [2.75, 3.05) is 13.2 Å². The van der Waals surface area contributed by atoms with Crippen LogP contribution in [0, 0.1) is 5.92 Å². The Bertz CT molecular complexity index is 553. The van der Waals surface area contributed by atoms with Gasteiger partial charge in [-0.05, 0) is 74.2 Å². The van der Waals surface area contributed by atoms with Gasteiger partial charge in [-0.1, -0.05) is 44.7 Å². The van der Waals surface area contributed by atoms with Gasteiger partial charge in [0.25, 0.3) is 0 Å². The minimum Gasteiger partial charge on any atom is -0.491 e. The molecule has 0 spiro atoms. The lowest BCUT2D eigenvalue weighted by Gasteiger charge is -2.32. The molecule has 1 aromatic rings. The number of hydrogen-bond donors (Lipinski definition) is 0. The number of rotatable bonds is 9. The molecule has 3 rings (SSSR count). The Morgan fingerprint density at radius 1 is 0.929 bits per heavy atom. The second kappa shape index (κ2) is 11.5. The van der Waals surface area contributed by atoms with Gasteiger partial charge in [-0.3, -0.25) is 0 Å². The second-order valence-corrected chi connectivity index (χ2v) is 9.79. The maximum absolute atomic E-state index is 6.12. The van der Waals surface area contributed by atoms with Crippen LogP contribution in [-0.4, -0.2) is 31.3 Å². The summed E-state index contributed by atoms with van der Waals surface area (Å²) in [4.78, 5) is 0. The molecule has 2 aliphatic carbocycles. The van der Waals surface area contributed by atoms with E-state index in [4.69, 9.17) is 14.2 Å². The minimum absolute atomic E-state index is 0.166. The summed E-state index contributed by atoms with van der Waals surface area (Å²) in [6, 6.07) is 8.70. The van der Waals surface area contributed by atoms with E-state index in [1.807, 2.05) is 6.92 Å². The Labute approximate surface area is 174 Å². The molecule has 0 aliphatic heterocycles. The average Bonchev–Trinajstić information content (AvgIpc) is 2.72. The largest absolute Gasteiger partial charge is 0.491 e. The zero-order chi connectivity index (χ0) is 19.8. The van der Waals surface area contributed by atoms with Crippen molar-refractivity contribution in [3.63, 3.8) is 0 Å². The van der Waals surface area contributed by atoms with Crippen molar-refractivity contribution < 1.29 is 14.2 Å². The number of hydrogen-bond acceptors (Lipinski definition) is 3. The van der Waals surface area contributed by atoms with Gasteiger partial charge in [0.05, 0.1) is 12.7 Å². The first-order valence-corrected chi connectivity index (χ1v) is 12.0. The summed E-state index contributed by atoms with van der Waals surface area (Å²) in [7, 11) is 2.95. The van der Waals surface area contributed by atoms with Crippen molar-refractivity contribution in [2.24, 2.45) is 5.92 Å². The molecule has 28 heavy (non-hydrogen) atoms. The molecule has 0 amide bonds. The quantitative estimate of drug-likeness (QED) is 0.273. The highest BCUT2D eigenvalue weighted by Gasteiger charge is 2.26. The maximum Gasteiger partial charge on any atom is 0.155 e. The molecule has 158 valence electrons. The molecule has 0 heterocycles. The fraction of sp³-hybridized carbons (Fsp3) is 0.750. The Morgan fingerprint density at radius 2 is 1.68 bits per heavy atom. The molecule has 2 fully saturated rings. The molecular weight excluding hydrogens is 367 g/mol. The molecule has 0 saturated heterocycles. The van der Waals surface area contributed by atoms with Crippen LogP contribution in [-0.2, 0) is 9.47 Å². The Hall–Kier alpha value is -0.630. The standard InChI is InChI=1S/C24H39O3P/c1-18(28)22-9-6-10-24(17-22)27-19(2)25-15-16-26-23-13-11-21(12-14-23)20-7-4-3-5-8-20/h11-14,18-20,22,24H,3-10,15-17,28H2,1-2H3. The molecular formula is C24H39O3P. The van der Waals surface area contributed by atoms with Crippen molar-refractivity contribution in [3.8, 4) is 5.75 Å². The predicted octanol–water partition coefficient (Wildman–Crippen LogP) is 6.31. The van der Waals surface area contributed by atoms with E-state index < -0.39 is 0 Å². The van der Waals surface area contributed by atoms with Gasteiger partial charge < -0.3 is 14.2 Å². The summed E-state index contributed by atoms with van der Waals surface area (Å²) in [5.41, 5.74) is 2.14. The smallest absolute Gasteiger partial charge is 0.155 e. The Kier molecular flexibility index (Phi) is 9.08. The highest BCUT2D eigenvalue weighted by atomic mass is 31.0. The summed E-state index contributed by atoms with van der Waals surface area (Å²) in [6.07, 6.45) is 11.9. The molecule has 3 nitrogen and oxygen atoms in total. The summed E-state index contributed by atoms with van der Waals surface area (Å²) < 4.78 is 17.8. The van der Waals surface area contributed by atoms with E-state index in [1.54, 1.807) is 0 Å². The van der Waals surface area contributed by atoms with E-state index in [1.165, 1.54) is 50.5 Å². The van der Waals surface area contributed by atoms with Crippen LogP contribution in [0.1, 0.15) is 83.1 Å². The van der Waals surface area contributed by atoms with E-state index in [2.05, 4.69) is 40.4 Å². The van der Waals surface area contributed by atoms with Crippen molar-refractivity contribution in [3.05, 3.63) is 29.8 Å². The van der Waals surface area contributed by atoms with Gasteiger partial charge in [-0.25, -0.2) is 0 Å². The second-order valence-electron chi connectivity index (χ2n) is 8.73. The van der Waals surface area contributed by atoms with E-state index in [-0.39, 0.29) is 6.29 Å². The third-order valence-electron chi connectivity index (χ3n) is 6.46. The van der Waals surface area contributed by atoms with Crippen LogP contribution in [0.25, 0.3) is 0 Å². The Balaban J connectivity index is 1.31. The zero-order valence-corrected chi connectivity index (χ0v) is 18.9. The van der Waals surface area contributed by atoms with Crippen molar-refractivity contribution >= 4 is 9.24 Å². The van der Waals surface area contributed by atoms with Gasteiger partial charge in [0.15, 0.2) is 6.29 Å². The molecule has 0 N–H and O–H groups in total. The van der Waals surface area contributed by atoms with Crippen LogP contribution in [0.5, 0.6) is 5.75 Å². The molecule has 5 unspecified atom stereocenters. The average molecular weight is 407 g/mol. The Morgan fingerprint density at radius 3 is 2.39 bits per heavy atom. The summed E-state index contributed by atoms with van der Waals surface area (Å²) in [6.45, 7) is 5.41. The molecule has 0 aromatic heterocycles. The lowest BCUT2D eigenvalue weighted by Crippen LogP contribution is -2.30. The van der Waals surface area contributed by atoms with E-state index in [9.17, 15) is 0 Å². The van der Waals surface area contributed by atoms with Crippen LogP contribution in [0.15, 0.2) is 24.3 Å². The summed E-state index contributed by atoms with van der Waals surface area (Å²) >= 11 is 0. The monoisotopic (exact) mass is 406 g/mol. The number of ether oxygens (including phenoxy) is 3. The van der Waals surface area contributed by atoms with Gasteiger partial charge in [0, 0.05) is 0 Å². The third-order valence-corrected chi connectivity index (χ3v) is 7.00. The molecule has 4 heteroatoms. The summed E-state index contributed by atoms with van der Waals surface area (Å²) in [5.74, 6) is 2.44. The van der Waals surface area contributed by atoms with E-state index in [0.717, 1.165) is 30.4 Å². The van der Waals surface area contributed by atoms with Gasteiger partial charge >= 0.3 is 0 Å². The maximum atomic E-state index is 6.12. The number of benzene rings is 1. The highest BCUT2D eigenvalue weighted by molar-refractivity contribution is 7.17. The third kappa shape index (κ3) is 7.01. The van der Waals surface area contributed by atoms with Crippen LogP contribution >= 0.6 is 9.24 Å². The summed E-state index contributed by atoms with van der Waals surface area (Å²) in [5, 5.41) is 0. The van der Waals surface area contributed by atoms with Crippen LogP contribution in [0.2, 0.25) is 0 Å². The fourth-order valence-corrected chi connectivity index (χ4v) is 5.09. The first kappa shape index (κ1) is 22.1. The molecule has 1 aromatic carbocycles. The molecule has 2 aliphatic rings. The zero-order valence-electron chi connectivity index (χ0n) is 17.8. The van der Waals surface area contributed by atoms with Crippen LogP contribution in [0.3, 0.4) is 0 Å².